The minimum Gasteiger partial charge on any atom is -0.340 e. The van der Waals surface area contributed by atoms with E-state index in [4.69, 9.17) is 0 Å². The number of benzene rings is 2. The molecule has 122 valence electrons. The Labute approximate surface area is 138 Å². The van der Waals surface area contributed by atoms with Crippen molar-refractivity contribution in [2.24, 2.45) is 0 Å². The summed E-state index contributed by atoms with van der Waals surface area (Å²) in [4.78, 5) is 28.8. The van der Waals surface area contributed by atoms with E-state index < -0.39 is 0 Å². The third-order valence-corrected chi connectivity index (χ3v) is 3.98. The molecule has 1 heterocycles. The Hall–Kier alpha value is -2.95. The van der Waals surface area contributed by atoms with E-state index in [1.807, 2.05) is 6.07 Å². The number of hydrogen-bond acceptors (Lipinski definition) is 2. The van der Waals surface area contributed by atoms with Crippen molar-refractivity contribution in [2.45, 2.75) is 6.42 Å². The first-order valence-electron chi connectivity index (χ1n) is 7.66. The number of pyridine rings is 1. The van der Waals surface area contributed by atoms with E-state index in [1.54, 1.807) is 48.3 Å². The van der Waals surface area contributed by atoms with E-state index in [2.05, 4.69) is 4.98 Å². The van der Waals surface area contributed by atoms with Crippen LogP contribution in [0.5, 0.6) is 0 Å². The highest BCUT2D eigenvalue weighted by molar-refractivity contribution is 5.96. The Morgan fingerprint density at radius 2 is 1.83 bits per heavy atom. The van der Waals surface area contributed by atoms with Crippen LogP contribution in [0.25, 0.3) is 10.8 Å². The maximum Gasteiger partial charge on any atom is 0.270 e. The van der Waals surface area contributed by atoms with Gasteiger partial charge in [0.05, 0.1) is 0 Å². The zero-order valence-electron chi connectivity index (χ0n) is 13.3. The molecule has 0 fully saturated rings. The molecule has 1 amide bonds. The highest BCUT2D eigenvalue weighted by Crippen LogP contribution is 2.11. The molecule has 3 aromatic rings. The molecule has 0 aliphatic rings. The lowest BCUT2D eigenvalue weighted by Crippen LogP contribution is -2.30. The van der Waals surface area contributed by atoms with Crippen molar-refractivity contribution >= 4 is 16.7 Å². The summed E-state index contributed by atoms with van der Waals surface area (Å²) in [6, 6.07) is 15.0. The molecule has 3 rings (SSSR count). The molecule has 0 saturated carbocycles. The van der Waals surface area contributed by atoms with Gasteiger partial charge in [-0.25, -0.2) is 4.39 Å². The Morgan fingerprint density at radius 1 is 1.12 bits per heavy atom. The second-order valence-electron chi connectivity index (χ2n) is 5.70. The smallest absolute Gasteiger partial charge is 0.270 e. The van der Waals surface area contributed by atoms with Gasteiger partial charge in [0, 0.05) is 19.0 Å². The summed E-state index contributed by atoms with van der Waals surface area (Å²) >= 11 is 0. The first kappa shape index (κ1) is 15.9. The number of rotatable bonds is 4. The third-order valence-electron chi connectivity index (χ3n) is 3.98. The summed E-state index contributed by atoms with van der Waals surface area (Å²) in [5.74, 6) is -0.531. The fraction of sp³-hybridized carbons (Fsp3) is 0.158. The van der Waals surface area contributed by atoms with Crippen molar-refractivity contribution in [1.82, 2.24) is 9.88 Å². The first-order valence-corrected chi connectivity index (χ1v) is 7.66. The minimum atomic E-state index is -0.281. The number of likely N-dealkylation sites (N-methyl/N-ethyl adjacent to an activating group) is 1. The molecule has 0 aliphatic heterocycles. The van der Waals surface area contributed by atoms with Crippen molar-refractivity contribution in [1.29, 1.82) is 0 Å². The molecule has 1 N–H and O–H groups in total. The van der Waals surface area contributed by atoms with Crippen molar-refractivity contribution in [3.8, 4) is 0 Å². The lowest BCUT2D eigenvalue weighted by Gasteiger charge is -2.17. The van der Waals surface area contributed by atoms with Gasteiger partial charge in [0.15, 0.2) is 0 Å². The number of carbonyl (C=O) groups is 1. The molecule has 0 atom stereocenters. The Kier molecular flexibility index (Phi) is 4.42. The van der Waals surface area contributed by atoms with Gasteiger partial charge in [-0.05, 0) is 41.6 Å². The second-order valence-corrected chi connectivity index (χ2v) is 5.70. The van der Waals surface area contributed by atoms with Crippen molar-refractivity contribution in [2.75, 3.05) is 13.6 Å². The maximum atomic E-state index is 12.9. The Bertz CT molecular complexity index is 932. The topological polar surface area (TPSA) is 53.2 Å². The van der Waals surface area contributed by atoms with Crippen LogP contribution in [-0.4, -0.2) is 29.4 Å². The van der Waals surface area contributed by atoms with Crippen LogP contribution in [0.1, 0.15) is 16.1 Å². The van der Waals surface area contributed by atoms with Gasteiger partial charge < -0.3 is 9.88 Å². The van der Waals surface area contributed by atoms with Crippen LogP contribution in [0, 0.1) is 5.82 Å². The van der Waals surface area contributed by atoms with Gasteiger partial charge in [-0.3, -0.25) is 9.59 Å². The van der Waals surface area contributed by atoms with E-state index in [-0.39, 0.29) is 23.0 Å². The number of aromatic nitrogens is 1. The predicted octanol–water partition coefficient (Wildman–Crippen LogP) is 2.98. The monoisotopic (exact) mass is 324 g/mol. The molecule has 1 aromatic heterocycles. The van der Waals surface area contributed by atoms with Crippen LogP contribution < -0.4 is 5.56 Å². The van der Waals surface area contributed by atoms with Crippen LogP contribution in [0.4, 0.5) is 4.39 Å². The lowest BCUT2D eigenvalue weighted by molar-refractivity contribution is 0.0791. The first-order chi connectivity index (χ1) is 11.5. The lowest BCUT2D eigenvalue weighted by atomic mass is 10.1. The highest BCUT2D eigenvalue weighted by atomic mass is 19.1. The van der Waals surface area contributed by atoms with E-state index >= 15 is 0 Å². The Balaban J connectivity index is 1.75. The number of carbonyl (C=O) groups excluding carboxylic acids is 1. The maximum absolute atomic E-state index is 12.9. The fourth-order valence-electron chi connectivity index (χ4n) is 2.58. The average molecular weight is 324 g/mol. The molecule has 24 heavy (non-hydrogen) atoms. The van der Waals surface area contributed by atoms with Gasteiger partial charge in [0.2, 0.25) is 0 Å². The SMILES string of the molecule is CN(CCc1ccc(F)cc1)C(=O)c1cc2ccccc2c(=O)[nH]1. The molecule has 0 radical (unpaired) electrons. The summed E-state index contributed by atoms with van der Waals surface area (Å²) in [5.41, 5.74) is 0.937. The summed E-state index contributed by atoms with van der Waals surface area (Å²) in [5, 5.41) is 1.29. The zero-order valence-corrected chi connectivity index (χ0v) is 13.3. The standard InChI is InChI=1S/C19H17FN2O2/c1-22(11-10-13-6-8-15(20)9-7-13)19(24)17-12-14-4-2-3-5-16(14)18(23)21-17/h2-9,12H,10-11H2,1H3,(H,21,23). The number of amides is 1. The zero-order chi connectivity index (χ0) is 17.1. The Morgan fingerprint density at radius 3 is 2.58 bits per heavy atom. The van der Waals surface area contributed by atoms with Gasteiger partial charge in [-0.1, -0.05) is 30.3 Å². The molecule has 0 aliphatic carbocycles. The number of nitrogens with zero attached hydrogens (tertiary/aromatic N) is 1. The molecular weight excluding hydrogens is 307 g/mol. The molecule has 0 unspecified atom stereocenters. The van der Waals surface area contributed by atoms with E-state index in [9.17, 15) is 14.0 Å². The number of aromatic amines is 1. The summed E-state index contributed by atoms with van der Waals surface area (Å²) in [6.45, 7) is 0.472. The number of hydrogen-bond donors (Lipinski definition) is 1. The van der Waals surface area contributed by atoms with Gasteiger partial charge in [-0.2, -0.15) is 0 Å². The normalized spacial score (nSPS) is 10.8. The molecule has 2 aromatic carbocycles. The van der Waals surface area contributed by atoms with Crippen LogP contribution in [0.3, 0.4) is 0 Å². The summed E-state index contributed by atoms with van der Waals surface area (Å²) in [6.07, 6.45) is 0.611. The summed E-state index contributed by atoms with van der Waals surface area (Å²) in [7, 11) is 1.68. The van der Waals surface area contributed by atoms with E-state index in [1.165, 1.54) is 12.1 Å². The van der Waals surface area contributed by atoms with Crippen molar-refractivity contribution < 1.29 is 9.18 Å². The van der Waals surface area contributed by atoms with Crippen LogP contribution in [0.2, 0.25) is 0 Å². The van der Waals surface area contributed by atoms with Crippen LogP contribution in [-0.2, 0) is 6.42 Å². The van der Waals surface area contributed by atoms with Crippen LogP contribution in [0.15, 0.2) is 59.4 Å². The molecule has 0 spiro atoms. The summed E-state index contributed by atoms with van der Waals surface area (Å²) < 4.78 is 12.9. The third kappa shape index (κ3) is 3.35. The molecule has 0 saturated heterocycles. The molecule has 4 nitrogen and oxygen atoms in total. The van der Waals surface area contributed by atoms with Crippen LogP contribution >= 0.6 is 0 Å². The largest absolute Gasteiger partial charge is 0.340 e. The van der Waals surface area contributed by atoms with E-state index in [0.29, 0.717) is 18.4 Å². The number of H-pyrrole nitrogens is 1. The minimum absolute atomic E-state index is 0.250. The van der Waals surface area contributed by atoms with Crippen molar-refractivity contribution in [3.05, 3.63) is 82.0 Å². The average Bonchev–Trinajstić information content (AvgIpc) is 2.60. The highest BCUT2D eigenvalue weighted by Gasteiger charge is 2.14. The fourth-order valence-corrected chi connectivity index (χ4v) is 2.58. The number of fused-ring (bicyclic) bond motifs is 1. The van der Waals surface area contributed by atoms with Crippen molar-refractivity contribution in [3.63, 3.8) is 0 Å². The van der Waals surface area contributed by atoms with Gasteiger partial charge >= 0.3 is 0 Å². The molecule has 5 heteroatoms. The van der Waals surface area contributed by atoms with Gasteiger partial charge in [0.25, 0.3) is 11.5 Å². The van der Waals surface area contributed by atoms with Gasteiger partial charge in [0.1, 0.15) is 11.5 Å². The predicted molar refractivity (Wildman–Crippen MR) is 91.6 cm³/mol. The quantitative estimate of drug-likeness (QED) is 0.802. The molecule has 0 bridgehead atoms. The number of halogens is 1. The number of nitrogens with one attached hydrogen (secondary N) is 1. The van der Waals surface area contributed by atoms with Gasteiger partial charge in [-0.15, -0.1) is 0 Å². The molecular formula is C19H17FN2O2. The van der Waals surface area contributed by atoms with E-state index in [0.717, 1.165) is 10.9 Å². The second kappa shape index (κ2) is 6.66.